The van der Waals surface area contributed by atoms with E-state index in [1.54, 1.807) is 13.8 Å². The van der Waals surface area contributed by atoms with Crippen LogP contribution in [0.5, 0.6) is 0 Å². The number of carbonyl (C=O) groups excluding carboxylic acids is 3. The van der Waals surface area contributed by atoms with E-state index >= 15 is 0 Å². The second-order valence-electron chi connectivity index (χ2n) is 21.5. The lowest BCUT2D eigenvalue weighted by Gasteiger charge is -2.71. The molecule has 0 unspecified atom stereocenters. The van der Waals surface area contributed by atoms with Gasteiger partial charge < -0.3 is 19.5 Å². The lowest BCUT2D eigenvalue weighted by molar-refractivity contribution is -0.219. The standard InChI is InChI=1S/C49H73ClN2O7/c1-30(2)42-37(54)26-49(40(58-32(4)53)29-52(24-23-51(10)11)28-33-13-12-14-34(50)25-33)22-21-47(8)36(43(42)49)15-16-39-46(7)19-18-38(31(3)35(46)17-20-48(39,47)9)59-41(55)27-45(5,6)44(56)57/h12-14,25,30-31,35-36,38-40H,15-24,26-29H2,1-11H3,(H,56,57)/t31-,35+,36-,38+,39-,40+,46+,47-,48-,49+/m1/s1. The summed E-state index contributed by atoms with van der Waals surface area (Å²) < 4.78 is 12.6. The summed E-state index contributed by atoms with van der Waals surface area (Å²) in [4.78, 5) is 57.1. The molecule has 5 aliphatic rings. The Morgan fingerprint density at radius 2 is 1.69 bits per heavy atom. The molecule has 0 saturated heterocycles. The van der Waals surface area contributed by atoms with Crippen molar-refractivity contribution in [2.45, 2.75) is 145 Å². The third-order valence-corrected chi connectivity index (χ3v) is 17.2. The Kier molecular flexibility index (Phi) is 13.1. The van der Waals surface area contributed by atoms with E-state index in [-0.39, 0.29) is 58.3 Å². The van der Waals surface area contributed by atoms with Gasteiger partial charge in [0.05, 0.1) is 11.8 Å². The maximum Gasteiger partial charge on any atom is 0.309 e. The fourth-order valence-corrected chi connectivity index (χ4v) is 13.9. The molecule has 1 aromatic rings. The van der Waals surface area contributed by atoms with E-state index in [0.29, 0.717) is 36.4 Å². The van der Waals surface area contributed by atoms with Crippen molar-refractivity contribution in [3.8, 4) is 0 Å². The highest BCUT2D eigenvalue weighted by Gasteiger charge is 2.70. The summed E-state index contributed by atoms with van der Waals surface area (Å²) in [6.45, 7) is 21.7. The summed E-state index contributed by atoms with van der Waals surface area (Å²) in [6.07, 6.45) is 7.25. The quantitative estimate of drug-likeness (QED) is 0.183. The number of hydrogen-bond donors (Lipinski definition) is 1. The van der Waals surface area contributed by atoms with Gasteiger partial charge >= 0.3 is 17.9 Å². The van der Waals surface area contributed by atoms with E-state index in [2.05, 4.69) is 71.5 Å². The van der Waals surface area contributed by atoms with Crippen molar-refractivity contribution in [3.63, 3.8) is 0 Å². The van der Waals surface area contributed by atoms with Gasteiger partial charge in [-0.15, -0.1) is 0 Å². The molecule has 1 aromatic carbocycles. The van der Waals surface area contributed by atoms with Crippen LogP contribution in [0, 0.1) is 56.7 Å². The number of carboxylic acid groups (broad SMARTS) is 1. The smallest absolute Gasteiger partial charge is 0.309 e. The van der Waals surface area contributed by atoms with Gasteiger partial charge in [0.1, 0.15) is 12.2 Å². The van der Waals surface area contributed by atoms with Gasteiger partial charge in [-0.05, 0) is 154 Å². The minimum atomic E-state index is -1.17. The molecular weight excluding hydrogens is 764 g/mol. The lowest BCUT2D eigenvalue weighted by Crippen LogP contribution is -2.65. The van der Waals surface area contributed by atoms with Gasteiger partial charge in [0, 0.05) is 50.0 Å². The maximum atomic E-state index is 14.5. The summed E-state index contributed by atoms with van der Waals surface area (Å²) in [7, 11) is 4.15. The van der Waals surface area contributed by atoms with Crippen molar-refractivity contribution in [1.29, 1.82) is 0 Å². The minimum Gasteiger partial charge on any atom is -0.481 e. The number of nitrogens with zero attached hydrogens (tertiary/aromatic N) is 2. The van der Waals surface area contributed by atoms with E-state index < -0.39 is 28.9 Å². The minimum absolute atomic E-state index is 0.0179. The third kappa shape index (κ3) is 8.32. The molecule has 0 aliphatic heterocycles. The zero-order chi connectivity index (χ0) is 43.5. The average Bonchev–Trinajstić information content (AvgIpc) is 3.44. The summed E-state index contributed by atoms with van der Waals surface area (Å²) in [5.41, 5.74) is 1.67. The molecule has 0 bridgehead atoms. The van der Waals surface area contributed by atoms with Crippen molar-refractivity contribution >= 4 is 35.3 Å². The number of ether oxygens (including phenoxy) is 2. The molecule has 0 amide bonds. The van der Waals surface area contributed by atoms with E-state index in [9.17, 15) is 24.3 Å². The molecule has 0 radical (unpaired) electrons. The lowest BCUT2D eigenvalue weighted by atomic mass is 9.33. The largest absolute Gasteiger partial charge is 0.481 e. The molecule has 59 heavy (non-hydrogen) atoms. The molecule has 328 valence electrons. The van der Waals surface area contributed by atoms with Crippen molar-refractivity contribution in [2.75, 3.05) is 33.7 Å². The number of allylic oxidation sites excluding steroid dienone is 1. The number of ketones is 1. The van der Waals surface area contributed by atoms with Crippen LogP contribution in [0.2, 0.25) is 5.02 Å². The molecule has 9 nitrogen and oxygen atoms in total. The van der Waals surface area contributed by atoms with Crippen LogP contribution in [0.4, 0.5) is 0 Å². The first-order valence-corrected chi connectivity index (χ1v) is 22.9. The van der Waals surface area contributed by atoms with Crippen LogP contribution in [-0.2, 0) is 35.2 Å². The highest BCUT2D eigenvalue weighted by molar-refractivity contribution is 6.30. The van der Waals surface area contributed by atoms with E-state index in [4.69, 9.17) is 21.1 Å². The highest BCUT2D eigenvalue weighted by atomic mass is 35.5. The Bertz CT molecular complexity index is 1820. The van der Waals surface area contributed by atoms with Crippen LogP contribution in [0.15, 0.2) is 35.4 Å². The molecule has 0 heterocycles. The molecule has 10 heteroatoms. The number of benzene rings is 1. The first kappa shape index (κ1) is 45.8. The van der Waals surface area contributed by atoms with Crippen LogP contribution in [-0.4, -0.2) is 84.5 Å². The normalized spacial score (nSPS) is 34.9. The van der Waals surface area contributed by atoms with Gasteiger partial charge in [0.25, 0.3) is 0 Å². The van der Waals surface area contributed by atoms with Gasteiger partial charge in [-0.3, -0.25) is 24.1 Å². The number of hydrogen-bond acceptors (Lipinski definition) is 8. The van der Waals surface area contributed by atoms with Crippen molar-refractivity contribution < 1.29 is 33.8 Å². The Morgan fingerprint density at radius 3 is 2.32 bits per heavy atom. The summed E-state index contributed by atoms with van der Waals surface area (Å²) >= 11 is 6.46. The maximum absolute atomic E-state index is 14.5. The predicted octanol–water partition coefficient (Wildman–Crippen LogP) is 9.64. The molecule has 10 atom stereocenters. The molecule has 4 saturated carbocycles. The Morgan fingerprint density at radius 1 is 0.983 bits per heavy atom. The Balaban J connectivity index is 1.32. The van der Waals surface area contributed by atoms with E-state index in [1.807, 2.05) is 18.2 Å². The summed E-state index contributed by atoms with van der Waals surface area (Å²) in [5, 5.41) is 10.3. The number of fused-ring (bicyclic) bond motifs is 7. The highest BCUT2D eigenvalue weighted by Crippen LogP contribution is 2.76. The van der Waals surface area contributed by atoms with E-state index in [0.717, 1.165) is 75.6 Å². The fraction of sp³-hybridized carbons (Fsp3) is 0.755. The first-order valence-electron chi connectivity index (χ1n) is 22.5. The number of esters is 2. The average molecular weight is 838 g/mol. The van der Waals surface area contributed by atoms with Crippen LogP contribution in [0.25, 0.3) is 0 Å². The summed E-state index contributed by atoms with van der Waals surface area (Å²) in [5.74, 6) is -0.194. The number of carboxylic acids is 1. The third-order valence-electron chi connectivity index (χ3n) is 17.0. The van der Waals surface area contributed by atoms with Gasteiger partial charge in [-0.25, -0.2) is 0 Å². The number of rotatable bonds is 14. The van der Waals surface area contributed by atoms with Crippen LogP contribution >= 0.6 is 11.6 Å². The van der Waals surface area contributed by atoms with Crippen LogP contribution < -0.4 is 0 Å². The van der Waals surface area contributed by atoms with Gasteiger partial charge in [0.2, 0.25) is 0 Å². The molecule has 0 aromatic heterocycles. The summed E-state index contributed by atoms with van der Waals surface area (Å²) in [6, 6.07) is 7.98. The number of Topliss-reactive ketones (excluding diaryl/α,β-unsaturated/α-hetero) is 1. The van der Waals surface area contributed by atoms with Gasteiger partial charge in [0.15, 0.2) is 5.78 Å². The molecule has 0 spiro atoms. The number of likely N-dealkylation sites (N-methyl/N-ethyl adjacent to an activating group) is 1. The van der Waals surface area contributed by atoms with Crippen molar-refractivity contribution in [1.82, 2.24) is 9.80 Å². The zero-order valence-electron chi connectivity index (χ0n) is 37.9. The number of carbonyl (C=O) groups is 4. The topological polar surface area (TPSA) is 113 Å². The van der Waals surface area contributed by atoms with Crippen molar-refractivity contribution in [2.24, 2.45) is 56.7 Å². The monoisotopic (exact) mass is 837 g/mol. The second-order valence-corrected chi connectivity index (χ2v) is 21.9. The molecule has 4 fully saturated rings. The molecule has 6 rings (SSSR count). The Hall–Kier alpha value is -2.75. The van der Waals surface area contributed by atoms with Gasteiger partial charge in [-0.2, -0.15) is 0 Å². The van der Waals surface area contributed by atoms with Crippen LogP contribution in [0.1, 0.15) is 132 Å². The number of halogens is 1. The van der Waals surface area contributed by atoms with Crippen LogP contribution in [0.3, 0.4) is 0 Å². The molecular formula is C49H73ClN2O7. The van der Waals surface area contributed by atoms with Crippen molar-refractivity contribution in [3.05, 3.63) is 46.0 Å². The molecule has 1 N–H and O–H groups in total. The molecule has 5 aliphatic carbocycles. The zero-order valence-corrected chi connectivity index (χ0v) is 38.7. The predicted molar refractivity (Wildman–Crippen MR) is 232 cm³/mol. The first-order chi connectivity index (χ1) is 27.5. The second kappa shape index (κ2) is 16.8. The number of aliphatic carboxylic acids is 1. The fourth-order valence-electron chi connectivity index (χ4n) is 13.7. The SMILES string of the molecule is CC(=O)O[C@@H](CN(CCN(C)C)Cc1cccc(Cl)c1)[C@@]12CC[C@]3(C)[C@H](CC[C@@H]4[C@@]5(C)CC[C@H](OC(=O)CC(C)(C)C(=O)O)[C@H](C)[C@@H]5CC[C@]43C)C1=C(C(C)C)C(=O)C2. The van der Waals surface area contributed by atoms with E-state index in [1.165, 1.54) is 12.5 Å². The van der Waals surface area contributed by atoms with Gasteiger partial charge in [-0.1, -0.05) is 65.3 Å². The Labute approximate surface area is 359 Å².